The van der Waals surface area contributed by atoms with Gasteiger partial charge in [0.1, 0.15) is 0 Å². The van der Waals surface area contributed by atoms with Crippen LogP contribution in [0.3, 0.4) is 0 Å². The first-order valence-electron chi connectivity index (χ1n) is 8.76. The van der Waals surface area contributed by atoms with Crippen molar-refractivity contribution in [1.29, 1.82) is 0 Å². The maximum Gasteiger partial charge on any atom is 0.0653 e. The van der Waals surface area contributed by atoms with Crippen molar-refractivity contribution in [2.24, 2.45) is 0 Å². The highest BCUT2D eigenvalue weighted by atomic mass is 16.6. The molecule has 0 fully saturated rings. The Labute approximate surface area is 121 Å². The highest BCUT2D eigenvalue weighted by Gasteiger charge is 1.93. The topological polar surface area (TPSA) is 21.3 Å². The summed E-state index contributed by atoms with van der Waals surface area (Å²) < 4.78 is 0. The summed E-state index contributed by atoms with van der Waals surface area (Å²) in [4.78, 5) is 5.09. The van der Waals surface area contributed by atoms with Crippen LogP contribution in [0.1, 0.15) is 97.3 Å². The Morgan fingerprint density at radius 1 is 0.579 bits per heavy atom. The second-order valence-corrected chi connectivity index (χ2v) is 5.57. The molecule has 0 aromatic heterocycles. The molecule has 1 N–H and O–H groups in total. The minimum Gasteiger partial charge on any atom is -0.302 e. The molecule has 0 unspecified atom stereocenters. The van der Waals surface area contributed by atoms with Crippen molar-refractivity contribution < 1.29 is 4.84 Å². The van der Waals surface area contributed by atoms with Crippen molar-refractivity contribution in [3.63, 3.8) is 0 Å². The van der Waals surface area contributed by atoms with E-state index in [1.54, 1.807) is 0 Å². The summed E-state index contributed by atoms with van der Waals surface area (Å²) in [5.74, 6) is 0. The summed E-state index contributed by atoms with van der Waals surface area (Å²) >= 11 is 0. The van der Waals surface area contributed by atoms with E-state index in [-0.39, 0.29) is 0 Å². The van der Waals surface area contributed by atoms with Gasteiger partial charge in [0, 0.05) is 6.54 Å². The zero-order valence-electron chi connectivity index (χ0n) is 13.5. The molecule has 0 spiro atoms. The van der Waals surface area contributed by atoms with Gasteiger partial charge in [0.05, 0.1) is 6.61 Å². The second-order valence-electron chi connectivity index (χ2n) is 5.57. The molecule has 116 valence electrons. The van der Waals surface area contributed by atoms with Gasteiger partial charge in [-0.2, -0.15) is 0 Å². The highest BCUT2D eigenvalue weighted by molar-refractivity contribution is 4.49. The normalized spacial score (nSPS) is 11.1. The third kappa shape index (κ3) is 17.9. The predicted octanol–water partition coefficient (Wildman–Crippen LogP) is 5.62. The molecule has 0 radical (unpaired) electrons. The van der Waals surface area contributed by atoms with E-state index >= 15 is 0 Å². The van der Waals surface area contributed by atoms with Gasteiger partial charge in [-0.3, -0.25) is 0 Å². The predicted molar refractivity (Wildman–Crippen MR) is 85.3 cm³/mol. The molecule has 0 bridgehead atoms. The molecule has 0 aliphatic carbocycles. The van der Waals surface area contributed by atoms with Crippen molar-refractivity contribution in [3.05, 3.63) is 0 Å². The molecular formula is C17H37NO. The largest absolute Gasteiger partial charge is 0.302 e. The molecule has 0 rings (SSSR count). The van der Waals surface area contributed by atoms with Crippen LogP contribution in [-0.2, 0) is 4.84 Å². The van der Waals surface area contributed by atoms with Crippen molar-refractivity contribution in [3.8, 4) is 0 Å². The van der Waals surface area contributed by atoms with Crippen LogP contribution in [0.4, 0.5) is 0 Å². The summed E-state index contributed by atoms with van der Waals surface area (Å²) in [5.41, 5.74) is 2.97. The summed E-state index contributed by atoms with van der Waals surface area (Å²) in [5, 5.41) is 0. The molecule has 0 atom stereocenters. The second kappa shape index (κ2) is 17.9. The average Bonchev–Trinajstić information content (AvgIpc) is 2.43. The first kappa shape index (κ1) is 18.9. The SMILES string of the molecule is CCCCCCCCCCCCCCCNOCC. The van der Waals surface area contributed by atoms with Crippen molar-refractivity contribution in [2.45, 2.75) is 97.3 Å². The Hall–Kier alpha value is -0.0800. The number of hydroxylamine groups is 1. The van der Waals surface area contributed by atoms with Crippen LogP contribution >= 0.6 is 0 Å². The van der Waals surface area contributed by atoms with Crippen molar-refractivity contribution in [2.75, 3.05) is 13.2 Å². The fourth-order valence-corrected chi connectivity index (χ4v) is 2.39. The van der Waals surface area contributed by atoms with Gasteiger partial charge in [-0.1, -0.05) is 84.0 Å². The summed E-state index contributed by atoms with van der Waals surface area (Å²) in [6.07, 6.45) is 18.4. The maximum atomic E-state index is 5.09. The third-order valence-electron chi connectivity index (χ3n) is 3.63. The smallest absolute Gasteiger partial charge is 0.0653 e. The molecule has 0 aromatic carbocycles. The molecule has 2 heteroatoms. The average molecular weight is 271 g/mol. The number of hydrogen-bond donors (Lipinski definition) is 1. The van der Waals surface area contributed by atoms with Gasteiger partial charge >= 0.3 is 0 Å². The Morgan fingerprint density at radius 2 is 1.00 bits per heavy atom. The van der Waals surface area contributed by atoms with Crippen LogP contribution in [0, 0.1) is 0 Å². The Balaban J connectivity index is 2.88. The van der Waals surface area contributed by atoms with Crippen LogP contribution in [0.25, 0.3) is 0 Å². The number of rotatable bonds is 16. The molecule has 0 aliphatic heterocycles. The molecule has 0 amide bonds. The molecule has 0 saturated carbocycles. The van der Waals surface area contributed by atoms with E-state index in [0.29, 0.717) is 0 Å². The molecule has 2 nitrogen and oxygen atoms in total. The Morgan fingerprint density at radius 3 is 1.42 bits per heavy atom. The summed E-state index contributed by atoms with van der Waals surface area (Å²) in [7, 11) is 0. The number of nitrogens with one attached hydrogen (secondary N) is 1. The van der Waals surface area contributed by atoms with E-state index in [9.17, 15) is 0 Å². The van der Waals surface area contributed by atoms with Crippen LogP contribution in [0.2, 0.25) is 0 Å². The van der Waals surface area contributed by atoms with E-state index < -0.39 is 0 Å². The minimum atomic E-state index is 0.762. The van der Waals surface area contributed by atoms with Gasteiger partial charge in [-0.25, -0.2) is 5.48 Å². The molecule has 0 heterocycles. The molecule has 0 aliphatic rings. The standard InChI is InChI=1S/C17H37NO/c1-3-5-6-7-8-9-10-11-12-13-14-15-16-17-18-19-4-2/h18H,3-17H2,1-2H3. The number of unbranched alkanes of at least 4 members (excludes halogenated alkanes) is 12. The molecular weight excluding hydrogens is 234 g/mol. The fourth-order valence-electron chi connectivity index (χ4n) is 2.39. The quantitative estimate of drug-likeness (QED) is 0.290. The minimum absolute atomic E-state index is 0.762. The van der Waals surface area contributed by atoms with Gasteiger partial charge < -0.3 is 4.84 Å². The van der Waals surface area contributed by atoms with Gasteiger partial charge in [0.25, 0.3) is 0 Å². The van der Waals surface area contributed by atoms with Gasteiger partial charge in [-0.15, -0.1) is 0 Å². The van der Waals surface area contributed by atoms with Gasteiger partial charge in [0.15, 0.2) is 0 Å². The first-order valence-corrected chi connectivity index (χ1v) is 8.76. The third-order valence-corrected chi connectivity index (χ3v) is 3.63. The molecule has 19 heavy (non-hydrogen) atoms. The van der Waals surface area contributed by atoms with Crippen LogP contribution in [0.15, 0.2) is 0 Å². The van der Waals surface area contributed by atoms with Gasteiger partial charge in [0.2, 0.25) is 0 Å². The number of hydrogen-bond acceptors (Lipinski definition) is 2. The lowest BCUT2D eigenvalue weighted by Gasteiger charge is -2.04. The first-order chi connectivity index (χ1) is 9.41. The van der Waals surface area contributed by atoms with Crippen LogP contribution in [-0.4, -0.2) is 13.2 Å². The van der Waals surface area contributed by atoms with Crippen molar-refractivity contribution >= 4 is 0 Å². The fraction of sp³-hybridized carbons (Fsp3) is 1.00. The van der Waals surface area contributed by atoms with Crippen LogP contribution in [0.5, 0.6) is 0 Å². The van der Waals surface area contributed by atoms with E-state index in [2.05, 4.69) is 12.4 Å². The van der Waals surface area contributed by atoms with Gasteiger partial charge in [-0.05, 0) is 13.3 Å². The Bertz CT molecular complexity index is 134. The van der Waals surface area contributed by atoms with E-state index in [4.69, 9.17) is 4.84 Å². The van der Waals surface area contributed by atoms with Crippen molar-refractivity contribution in [1.82, 2.24) is 5.48 Å². The zero-order chi connectivity index (χ0) is 14.0. The lowest BCUT2D eigenvalue weighted by atomic mass is 10.0. The van der Waals surface area contributed by atoms with E-state index in [1.165, 1.54) is 83.5 Å². The highest BCUT2D eigenvalue weighted by Crippen LogP contribution is 2.12. The lowest BCUT2D eigenvalue weighted by molar-refractivity contribution is 0.0500. The Kier molecular flexibility index (Phi) is 17.8. The monoisotopic (exact) mass is 271 g/mol. The lowest BCUT2D eigenvalue weighted by Crippen LogP contribution is -2.15. The van der Waals surface area contributed by atoms with E-state index in [1.807, 2.05) is 6.92 Å². The zero-order valence-corrected chi connectivity index (χ0v) is 13.5. The summed E-state index contributed by atoms with van der Waals surface area (Å²) in [6, 6.07) is 0. The molecule has 0 saturated heterocycles. The van der Waals surface area contributed by atoms with Crippen LogP contribution < -0.4 is 5.48 Å². The summed E-state index contributed by atoms with van der Waals surface area (Å²) in [6.45, 7) is 6.06. The van der Waals surface area contributed by atoms with E-state index in [0.717, 1.165) is 13.2 Å². The molecule has 0 aromatic rings. The maximum absolute atomic E-state index is 5.09.